The number of thiophene rings is 1. The second-order valence-corrected chi connectivity index (χ2v) is 12.6. The van der Waals surface area contributed by atoms with Crippen LogP contribution in [0, 0.1) is 17.0 Å². The molecular formula is C34H31F3N4O4S. The number of anilines is 2. The first kappa shape index (κ1) is 31.4. The molecular weight excluding hydrogens is 617 g/mol. The molecule has 0 unspecified atom stereocenters. The molecule has 3 aromatic rings. The molecule has 2 saturated heterocycles. The van der Waals surface area contributed by atoms with Gasteiger partial charge in [-0.15, -0.1) is 11.3 Å². The fourth-order valence-electron chi connectivity index (χ4n) is 6.32. The number of ether oxygens (including phenoxy) is 1. The highest BCUT2D eigenvalue weighted by Crippen LogP contribution is 2.44. The SMILES string of the molecule is C=CN=C(/C(=C\C)C(=O)Nc1ccc(C(=O)N2CCc3cc(C(=O)F)sc3-c3c2ccc(F)c3F)cc1)N1CC2(CCOCC2)C1. The van der Waals surface area contributed by atoms with Crippen LogP contribution in [0.2, 0.25) is 0 Å². The number of hydrogen-bond donors (Lipinski definition) is 1. The second-order valence-electron chi connectivity index (χ2n) is 11.5. The molecule has 6 rings (SSSR count). The van der Waals surface area contributed by atoms with Crippen LogP contribution in [0.15, 0.2) is 71.9 Å². The van der Waals surface area contributed by atoms with Crippen LogP contribution in [0.5, 0.6) is 0 Å². The van der Waals surface area contributed by atoms with E-state index in [-0.39, 0.29) is 50.9 Å². The largest absolute Gasteiger partial charge is 0.381 e. The number of likely N-dealkylation sites (tertiary alicyclic amines) is 1. The van der Waals surface area contributed by atoms with E-state index in [4.69, 9.17) is 4.74 Å². The minimum atomic E-state index is -1.66. The van der Waals surface area contributed by atoms with E-state index in [9.17, 15) is 23.2 Å². The summed E-state index contributed by atoms with van der Waals surface area (Å²) in [5.74, 6) is -2.61. The molecule has 3 aliphatic heterocycles. The number of amides is 2. The standard InChI is InChI=1S/C34H31F3N4O4S/c1-3-23(31(38-4-2)40-18-34(19-40)12-15-45-16-13-34)32(43)39-22-7-5-20(6-8-22)33(44)41-14-11-21-17-26(30(37)42)46-29(21)27-25(41)10-9-24(35)28(27)36/h3-10,17H,2,11-16,18-19H2,1H3,(H,39,43)/b23-3+,38-31?. The lowest BCUT2D eigenvalue weighted by molar-refractivity contribution is -0.112. The Labute approximate surface area is 267 Å². The summed E-state index contributed by atoms with van der Waals surface area (Å²) in [5.41, 5.74) is 1.63. The quantitative estimate of drug-likeness (QED) is 0.142. The number of carbonyl (C=O) groups is 3. The molecule has 1 spiro atoms. The first-order valence-corrected chi connectivity index (χ1v) is 15.7. The topological polar surface area (TPSA) is 91.3 Å². The van der Waals surface area contributed by atoms with Crippen LogP contribution < -0.4 is 10.2 Å². The van der Waals surface area contributed by atoms with Crippen molar-refractivity contribution in [2.24, 2.45) is 10.4 Å². The van der Waals surface area contributed by atoms with Crippen molar-refractivity contribution in [3.8, 4) is 10.4 Å². The number of rotatable bonds is 6. The van der Waals surface area contributed by atoms with Gasteiger partial charge in [-0.3, -0.25) is 14.4 Å². The van der Waals surface area contributed by atoms with Crippen molar-refractivity contribution < 1.29 is 32.3 Å². The fraction of sp³-hybridized carbons (Fsp3) is 0.294. The number of allylic oxidation sites excluding steroid dienone is 1. The predicted octanol–water partition coefficient (Wildman–Crippen LogP) is 6.55. The Hall–Kier alpha value is -4.55. The summed E-state index contributed by atoms with van der Waals surface area (Å²) in [6.07, 6.45) is 5.26. The van der Waals surface area contributed by atoms with Crippen LogP contribution >= 0.6 is 11.3 Å². The van der Waals surface area contributed by atoms with Crippen molar-refractivity contribution in [2.45, 2.75) is 26.2 Å². The Morgan fingerprint density at radius 1 is 1.09 bits per heavy atom. The number of fused-ring (bicyclic) bond motifs is 3. The zero-order valence-electron chi connectivity index (χ0n) is 25.1. The van der Waals surface area contributed by atoms with E-state index in [0.717, 1.165) is 56.5 Å². The van der Waals surface area contributed by atoms with Gasteiger partial charge in [0.25, 0.3) is 11.8 Å². The van der Waals surface area contributed by atoms with Crippen molar-refractivity contribution in [3.05, 3.63) is 94.5 Å². The lowest BCUT2D eigenvalue weighted by Gasteiger charge is -2.53. The Balaban J connectivity index is 1.19. The number of carbonyl (C=O) groups excluding carboxylic acids is 3. The van der Waals surface area contributed by atoms with Gasteiger partial charge in [-0.2, -0.15) is 4.39 Å². The third kappa shape index (κ3) is 5.78. The van der Waals surface area contributed by atoms with Crippen molar-refractivity contribution in [1.29, 1.82) is 0 Å². The summed E-state index contributed by atoms with van der Waals surface area (Å²) < 4.78 is 48.5. The van der Waals surface area contributed by atoms with Crippen molar-refractivity contribution in [1.82, 2.24) is 4.90 Å². The number of aliphatic imine (C=N–C) groups is 1. The summed E-state index contributed by atoms with van der Waals surface area (Å²) >= 11 is 0.725. The zero-order chi connectivity index (χ0) is 32.6. The minimum absolute atomic E-state index is 0.0833. The van der Waals surface area contributed by atoms with Crippen LogP contribution in [0.1, 0.15) is 45.4 Å². The fourth-order valence-corrected chi connectivity index (χ4v) is 7.41. The van der Waals surface area contributed by atoms with Crippen molar-refractivity contribution in [3.63, 3.8) is 0 Å². The van der Waals surface area contributed by atoms with Gasteiger partial charge in [0, 0.05) is 60.6 Å². The monoisotopic (exact) mass is 648 g/mol. The van der Waals surface area contributed by atoms with E-state index in [2.05, 4.69) is 21.8 Å². The number of halogens is 3. The van der Waals surface area contributed by atoms with Crippen LogP contribution in [-0.4, -0.2) is 61.4 Å². The van der Waals surface area contributed by atoms with Gasteiger partial charge in [-0.25, -0.2) is 13.8 Å². The van der Waals surface area contributed by atoms with Crippen LogP contribution in [0.4, 0.5) is 24.5 Å². The average Bonchev–Trinajstić information content (AvgIpc) is 3.39. The highest BCUT2D eigenvalue weighted by Gasteiger charge is 2.46. The molecule has 2 fully saturated rings. The first-order valence-electron chi connectivity index (χ1n) is 14.9. The van der Waals surface area contributed by atoms with Crippen molar-refractivity contribution >= 4 is 46.4 Å². The third-order valence-corrected chi connectivity index (χ3v) is 9.90. The molecule has 4 heterocycles. The van der Waals surface area contributed by atoms with Crippen LogP contribution in [0.3, 0.4) is 0 Å². The normalized spacial score (nSPS) is 17.5. The Bertz CT molecular complexity index is 1790. The van der Waals surface area contributed by atoms with Crippen LogP contribution in [0.25, 0.3) is 10.4 Å². The van der Waals surface area contributed by atoms with E-state index in [1.807, 2.05) is 0 Å². The molecule has 0 atom stereocenters. The molecule has 0 saturated carbocycles. The summed E-state index contributed by atoms with van der Waals surface area (Å²) in [4.78, 5) is 46.3. The van der Waals surface area contributed by atoms with E-state index >= 15 is 4.39 Å². The van der Waals surface area contributed by atoms with Gasteiger partial charge < -0.3 is 19.9 Å². The van der Waals surface area contributed by atoms with Gasteiger partial charge in [0.05, 0.1) is 16.8 Å². The highest BCUT2D eigenvalue weighted by atomic mass is 32.1. The van der Waals surface area contributed by atoms with Crippen molar-refractivity contribution in [2.75, 3.05) is 43.1 Å². The van der Waals surface area contributed by atoms with E-state index in [1.54, 1.807) is 25.1 Å². The number of nitrogens with one attached hydrogen (secondary N) is 1. The van der Waals surface area contributed by atoms with E-state index < -0.39 is 23.6 Å². The Morgan fingerprint density at radius 3 is 2.46 bits per heavy atom. The third-order valence-electron chi connectivity index (χ3n) is 8.73. The molecule has 3 aliphatic rings. The summed E-state index contributed by atoms with van der Waals surface area (Å²) in [6.45, 7) is 8.60. The van der Waals surface area contributed by atoms with E-state index in [0.29, 0.717) is 22.7 Å². The van der Waals surface area contributed by atoms with Gasteiger partial charge in [-0.05, 0) is 74.2 Å². The van der Waals surface area contributed by atoms with Gasteiger partial charge in [0.15, 0.2) is 11.6 Å². The maximum atomic E-state index is 15.2. The Kier molecular flexibility index (Phi) is 8.67. The molecule has 2 aromatic carbocycles. The number of nitrogens with zero attached hydrogens (tertiary/aromatic N) is 3. The van der Waals surface area contributed by atoms with E-state index in [1.165, 1.54) is 35.4 Å². The summed E-state index contributed by atoms with van der Waals surface area (Å²) in [7, 11) is 0. The molecule has 238 valence electrons. The van der Waals surface area contributed by atoms with Gasteiger partial charge in [-0.1, -0.05) is 12.7 Å². The first-order chi connectivity index (χ1) is 22.1. The molecule has 8 nitrogen and oxygen atoms in total. The zero-order valence-corrected chi connectivity index (χ0v) is 25.9. The highest BCUT2D eigenvalue weighted by molar-refractivity contribution is 7.17. The second kappa shape index (κ2) is 12.7. The lowest BCUT2D eigenvalue weighted by atomic mass is 9.73. The molecule has 2 amide bonds. The predicted molar refractivity (Wildman–Crippen MR) is 171 cm³/mol. The number of benzene rings is 2. The smallest absolute Gasteiger partial charge is 0.342 e. The number of amidine groups is 1. The van der Waals surface area contributed by atoms with Gasteiger partial charge in [0.2, 0.25) is 0 Å². The molecule has 1 aromatic heterocycles. The van der Waals surface area contributed by atoms with Gasteiger partial charge >= 0.3 is 6.04 Å². The molecule has 46 heavy (non-hydrogen) atoms. The summed E-state index contributed by atoms with van der Waals surface area (Å²) in [6, 6.07) is 8.14. The maximum absolute atomic E-state index is 15.2. The molecule has 0 aliphatic carbocycles. The molecule has 0 bridgehead atoms. The average molecular weight is 649 g/mol. The molecule has 0 radical (unpaired) electrons. The molecule has 1 N–H and O–H groups in total. The maximum Gasteiger partial charge on any atom is 0.342 e. The van der Waals surface area contributed by atoms with Crippen LogP contribution in [-0.2, 0) is 16.0 Å². The minimum Gasteiger partial charge on any atom is -0.381 e. The van der Waals surface area contributed by atoms with Gasteiger partial charge in [0.1, 0.15) is 10.7 Å². The number of hydrogen-bond acceptors (Lipinski definition) is 6. The summed E-state index contributed by atoms with van der Waals surface area (Å²) in [5, 5.41) is 2.87. The molecule has 12 heteroatoms. The lowest BCUT2D eigenvalue weighted by Crippen LogP contribution is -2.61. The Morgan fingerprint density at radius 2 is 1.80 bits per heavy atom.